The molecule has 0 radical (unpaired) electrons. The van der Waals surface area contributed by atoms with Gasteiger partial charge in [-0.25, -0.2) is 17.2 Å². The molecule has 0 heterocycles. The number of hydrogen-bond acceptors (Lipinski definition) is 4. The molecule has 140 valence electrons. The summed E-state index contributed by atoms with van der Waals surface area (Å²) in [5.41, 5.74) is 0.147. The third kappa shape index (κ3) is 4.83. The molecule has 0 spiro atoms. The first-order valence-electron chi connectivity index (χ1n) is 7.18. The second-order valence-corrected chi connectivity index (χ2v) is 7.58. The Morgan fingerprint density at radius 3 is 2.42 bits per heavy atom. The summed E-state index contributed by atoms with van der Waals surface area (Å²) in [6.07, 6.45) is 0.853. The van der Waals surface area contributed by atoms with E-state index in [1.54, 1.807) is 0 Å². The Kier molecular flexibility index (Phi) is 6.04. The van der Waals surface area contributed by atoms with E-state index in [9.17, 15) is 22.0 Å². The molecule has 0 atom stereocenters. The second-order valence-electron chi connectivity index (χ2n) is 5.27. The molecule has 0 aliphatic heterocycles. The van der Waals surface area contributed by atoms with Crippen LogP contribution >= 0.6 is 11.6 Å². The lowest BCUT2D eigenvalue weighted by Gasteiger charge is -2.22. The smallest absolute Gasteiger partial charge is 0.245 e. The first kappa shape index (κ1) is 19.9. The Bertz CT molecular complexity index is 938. The Labute approximate surface area is 154 Å². The van der Waals surface area contributed by atoms with E-state index in [-0.39, 0.29) is 10.7 Å². The fourth-order valence-corrected chi connectivity index (χ4v) is 3.22. The van der Waals surface area contributed by atoms with Crippen LogP contribution in [0.5, 0.6) is 5.75 Å². The number of nitrogens with zero attached hydrogens (tertiary/aromatic N) is 1. The maximum atomic E-state index is 13.4. The standard InChI is InChI=1S/C16H15ClF2N2O4S/c1-25-15-6-3-10(7-12(15)17)20-16(22)9-21(26(2,23)24)11-4-5-13(18)14(19)8-11/h3-8H,9H2,1-2H3,(H,20,22). The SMILES string of the molecule is COc1ccc(NC(=O)CN(c2ccc(F)c(F)c2)S(C)(=O)=O)cc1Cl. The van der Waals surface area contributed by atoms with Crippen molar-refractivity contribution >= 4 is 38.9 Å². The number of amides is 1. The van der Waals surface area contributed by atoms with Gasteiger partial charge in [-0.15, -0.1) is 0 Å². The van der Waals surface area contributed by atoms with Gasteiger partial charge in [0.2, 0.25) is 15.9 Å². The number of benzene rings is 2. The zero-order valence-corrected chi connectivity index (χ0v) is 15.4. The zero-order chi connectivity index (χ0) is 19.5. The largest absolute Gasteiger partial charge is 0.495 e. The molecule has 0 aliphatic rings. The van der Waals surface area contributed by atoms with E-state index in [0.717, 1.165) is 18.4 Å². The number of halogens is 3. The first-order chi connectivity index (χ1) is 12.1. The highest BCUT2D eigenvalue weighted by Crippen LogP contribution is 2.27. The molecule has 0 aromatic heterocycles. The van der Waals surface area contributed by atoms with Gasteiger partial charge in [0.25, 0.3) is 0 Å². The average molecular weight is 405 g/mol. The topological polar surface area (TPSA) is 75.7 Å². The van der Waals surface area contributed by atoms with Gasteiger partial charge in [0.05, 0.1) is 24.1 Å². The molecular formula is C16H15ClF2N2O4S. The Morgan fingerprint density at radius 2 is 1.88 bits per heavy atom. The first-order valence-corrected chi connectivity index (χ1v) is 9.40. The summed E-state index contributed by atoms with van der Waals surface area (Å²) in [5, 5.41) is 2.73. The van der Waals surface area contributed by atoms with E-state index >= 15 is 0 Å². The van der Waals surface area contributed by atoms with Crippen LogP contribution in [0.4, 0.5) is 20.2 Å². The second kappa shape index (κ2) is 7.88. The molecule has 2 aromatic rings. The monoisotopic (exact) mass is 404 g/mol. The molecule has 0 unspecified atom stereocenters. The van der Waals surface area contributed by atoms with Gasteiger partial charge in [0, 0.05) is 11.8 Å². The number of hydrogen-bond donors (Lipinski definition) is 1. The van der Waals surface area contributed by atoms with Crippen molar-refractivity contribution in [1.29, 1.82) is 0 Å². The highest BCUT2D eigenvalue weighted by atomic mass is 35.5. The summed E-state index contributed by atoms with van der Waals surface area (Å²) in [4.78, 5) is 12.2. The van der Waals surface area contributed by atoms with Crippen LogP contribution in [-0.2, 0) is 14.8 Å². The lowest BCUT2D eigenvalue weighted by Crippen LogP contribution is -2.37. The van der Waals surface area contributed by atoms with Gasteiger partial charge in [-0.05, 0) is 30.3 Å². The third-order valence-corrected chi connectivity index (χ3v) is 4.75. The molecule has 2 rings (SSSR count). The molecule has 1 amide bonds. The highest BCUT2D eigenvalue weighted by Gasteiger charge is 2.22. The van der Waals surface area contributed by atoms with Gasteiger partial charge in [-0.3, -0.25) is 9.10 Å². The summed E-state index contributed by atoms with van der Waals surface area (Å²) in [6.45, 7) is -0.631. The van der Waals surface area contributed by atoms with E-state index in [1.807, 2.05) is 0 Å². The molecule has 2 aromatic carbocycles. The molecule has 26 heavy (non-hydrogen) atoms. The van der Waals surface area contributed by atoms with Crippen LogP contribution in [0.3, 0.4) is 0 Å². The summed E-state index contributed by atoms with van der Waals surface area (Å²) < 4.78 is 56.0. The maximum Gasteiger partial charge on any atom is 0.245 e. The fourth-order valence-electron chi connectivity index (χ4n) is 2.12. The molecule has 0 fully saturated rings. The number of anilines is 2. The van der Waals surface area contributed by atoms with Gasteiger partial charge in [-0.2, -0.15) is 0 Å². The number of carbonyl (C=O) groups is 1. The lowest BCUT2D eigenvalue weighted by molar-refractivity contribution is -0.114. The molecular weight excluding hydrogens is 390 g/mol. The zero-order valence-electron chi connectivity index (χ0n) is 13.8. The Morgan fingerprint density at radius 1 is 1.19 bits per heavy atom. The normalized spacial score (nSPS) is 11.1. The van der Waals surface area contributed by atoms with Gasteiger partial charge in [0.15, 0.2) is 11.6 Å². The highest BCUT2D eigenvalue weighted by molar-refractivity contribution is 7.92. The number of rotatable bonds is 6. The Hall–Kier alpha value is -2.39. The minimum absolute atomic E-state index is 0.172. The van der Waals surface area contributed by atoms with Gasteiger partial charge >= 0.3 is 0 Å². The van der Waals surface area contributed by atoms with Crippen LogP contribution in [0.25, 0.3) is 0 Å². The fraction of sp³-hybridized carbons (Fsp3) is 0.188. The predicted octanol–water partition coefficient (Wildman–Crippen LogP) is 3.03. The lowest BCUT2D eigenvalue weighted by atomic mass is 10.3. The van der Waals surface area contributed by atoms with Crippen molar-refractivity contribution in [3.8, 4) is 5.75 Å². The van der Waals surface area contributed by atoms with Crippen molar-refractivity contribution in [2.45, 2.75) is 0 Å². The van der Waals surface area contributed by atoms with Crippen LogP contribution in [0.1, 0.15) is 0 Å². The Balaban J connectivity index is 2.22. The van der Waals surface area contributed by atoms with Crippen molar-refractivity contribution in [2.75, 3.05) is 29.5 Å². The summed E-state index contributed by atoms with van der Waals surface area (Å²) in [7, 11) is -2.48. The van der Waals surface area contributed by atoms with Gasteiger partial charge < -0.3 is 10.1 Å². The van der Waals surface area contributed by atoms with Crippen molar-refractivity contribution in [1.82, 2.24) is 0 Å². The van der Waals surface area contributed by atoms with Gasteiger partial charge in [-0.1, -0.05) is 11.6 Å². The number of ether oxygens (including phenoxy) is 1. The van der Waals surface area contributed by atoms with Crippen molar-refractivity contribution in [3.63, 3.8) is 0 Å². The number of nitrogens with one attached hydrogen (secondary N) is 1. The molecule has 1 N–H and O–H groups in total. The predicted molar refractivity (Wildman–Crippen MR) is 95.2 cm³/mol. The summed E-state index contributed by atoms with van der Waals surface area (Å²) in [6, 6.07) is 7.03. The minimum Gasteiger partial charge on any atom is -0.495 e. The number of carbonyl (C=O) groups excluding carboxylic acids is 1. The quantitative estimate of drug-likeness (QED) is 0.803. The molecule has 6 nitrogen and oxygen atoms in total. The minimum atomic E-state index is -3.92. The van der Waals surface area contributed by atoms with Crippen molar-refractivity contribution in [3.05, 3.63) is 53.1 Å². The van der Waals surface area contributed by atoms with E-state index in [2.05, 4.69) is 5.32 Å². The van der Waals surface area contributed by atoms with Crippen LogP contribution < -0.4 is 14.4 Å². The van der Waals surface area contributed by atoms with E-state index in [0.29, 0.717) is 21.8 Å². The molecule has 0 bridgehead atoms. The maximum absolute atomic E-state index is 13.4. The van der Waals surface area contributed by atoms with Gasteiger partial charge in [0.1, 0.15) is 12.3 Å². The van der Waals surface area contributed by atoms with Crippen molar-refractivity contribution < 1.29 is 26.7 Å². The van der Waals surface area contributed by atoms with Crippen LogP contribution in [0, 0.1) is 11.6 Å². The molecule has 0 saturated heterocycles. The van der Waals surface area contributed by atoms with Crippen LogP contribution in [-0.4, -0.2) is 34.2 Å². The van der Waals surface area contributed by atoms with E-state index in [1.165, 1.54) is 25.3 Å². The molecule has 0 saturated carbocycles. The van der Waals surface area contributed by atoms with Crippen molar-refractivity contribution in [2.24, 2.45) is 0 Å². The number of sulfonamides is 1. The number of methoxy groups -OCH3 is 1. The summed E-state index contributed by atoms with van der Waals surface area (Å²) in [5.74, 6) is -2.64. The molecule has 10 heteroatoms. The van der Waals surface area contributed by atoms with E-state index in [4.69, 9.17) is 16.3 Å². The third-order valence-electron chi connectivity index (χ3n) is 3.31. The molecule has 0 aliphatic carbocycles. The van der Waals surface area contributed by atoms with E-state index < -0.39 is 34.1 Å². The average Bonchev–Trinajstić information content (AvgIpc) is 2.54. The van der Waals surface area contributed by atoms with Crippen LogP contribution in [0.15, 0.2) is 36.4 Å². The van der Waals surface area contributed by atoms with Crippen LogP contribution in [0.2, 0.25) is 5.02 Å². The summed E-state index contributed by atoms with van der Waals surface area (Å²) >= 11 is 5.96.